The second-order valence-corrected chi connectivity index (χ2v) is 9.85. The zero-order valence-electron chi connectivity index (χ0n) is 19.2. The minimum Gasteiger partial charge on any atom is -0.492 e. The summed E-state index contributed by atoms with van der Waals surface area (Å²) in [6, 6.07) is 9.31. The number of thiocarbonyl (C=S) groups is 1. The van der Waals surface area contributed by atoms with Crippen molar-refractivity contribution in [3.05, 3.63) is 52.1 Å². The molecule has 0 aliphatic carbocycles. The Morgan fingerprint density at radius 3 is 2.89 bits per heavy atom. The van der Waals surface area contributed by atoms with Crippen molar-refractivity contribution in [3.8, 4) is 17.0 Å². The number of rotatable bonds is 9. The van der Waals surface area contributed by atoms with Crippen LogP contribution in [-0.2, 0) is 16.0 Å². The molecule has 1 aromatic carbocycles. The van der Waals surface area contributed by atoms with Gasteiger partial charge in [-0.1, -0.05) is 36.5 Å². The molecule has 8 nitrogen and oxygen atoms in total. The first-order chi connectivity index (χ1) is 16.9. The molecule has 0 spiro atoms. The third-order valence-corrected chi connectivity index (χ3v) is 7.12. The molecular weight excluding hydrogens is 486 g/mol. The molecule has 1 aromatic heterocycles. The van der Waals surface area contributed by atoms with Gasteiger partial charge in [-0.25, -0.2) is 4.98 Å². The number of carbonyl (C=O) groups excluding carboxylic acids is 2. The summed E-state index contributed by atoms with van der Waals surface area (Å²) in [5.74, 6) is -0.572. The maximum Gasteiger partial charge on any atom is 0.303 e. The van der Waals surface area contributed by atoms with E-state index in [0.29, 0.717) is 57.9 Å². The number of carboxylic acids is 1. The Hall–Kier alpha value is -3.24. The van der Waals surface area contributed by atoms with Crippen LogP contribution in [0.25, 0.3) is 17.3 Å². The summed E-state index contributed by atoms with van der Waals surface area (Å²) in [5.41, 5.74) is 3.55. The Morgan fingerprint density at radius 2 is 2.11 bits per heavy atom. The summed E-state index contributed by atoms with van der Waals surface area (Å²) in [6.45, 7) is 1.01. The van der Waals surface area contributed by atoms with Crippen LogP contribution in [0, 0.1) is 0 Å². The van der Waals surface area contributed by atoms with Crippen molar-refractivity contribution in [1.82, 2.24) is 15.2 Å². The Labute approximate surface area is 212 Å². The third-order valence-electron chi connectivity index (χ3n) is 5.75. The number of benzene rings is 1. The van der Waals surface area contributed by atoms with E-state index in [1.165, 1.54) is 11.8 Å². The predicted octanol–water partition coefficient (Wildman–Crippen LogP) is 3.89. The smallest absolute Gasteiger partial charge is 0.303 e. The van der Waals surface area contributed by atoms with Gasteiger partial charge in [0.05, 0.1) is 28.5 Å². The van der Waals surface area contributed by atoms with Crippen molar-refractivity contribution in [2.75, 3.05) is 20.2 Å². The Bertz CT molecular complexity index is 1230. The normalized spacial score (nSPS) is 15.9. The monoisotopic (exact) mass is 511 g/mol. The van der Waals surface area contributed by atoms with Crippen LogP contribution in [0.3, 0.4) is 0 Å². The number of pyridine rings is 1. The van der Waals surface area contributed by atoms with Gasteiger partial charge in [-0.15, -0.1) is 0 Å². The highest BCUT2D eigenvalue weighted by Crippen LogP contribution is 2.35. The first kappa shape index (κ1) is 24.9. The number of hydrogen-bond acceptors (Lipinski definition) is 7. The summed E-state index contributed by atoms with van der Waals surface area (Å²) >= 11 is 6.63. The molecule has 2 N–H and O–H groups in total. The molecular formula is C25H25N3O5S2. The number of fused-ring (bicyclic) bond motifs is 1. The Morgan fingerprint density at radius 1 is 1.29 bits per heavy atom. The van der Waals surface area contributed by atoms with Gasteiger partial charge in [0.1, 0.15) is 10.1 Å². The molecule has 3 heterocycles. The largest absolute Gasteiger partial charge is 0.492 e. The lowest BCUT2D eigenvalue weighted by molar-refractivity contribution is -0.137. The molecule has 0 radical (unpaired) electrons. The van der Waals surface area contributed by atoms with Crippen LogP contribution in [0.5, 0.6) is 5.75 Å². The molecule has 2 aliphatic rings. The average molecular weight is 512 g/mol. The average Bonchev–Trinajstić information content (AvgIpc) is 3.42. The second-order valence-electron chi connectivity index (χ2n) is 8.18. The molecule has 2 amide bonds. The maximum absolute atomic E-state index is 12.9. The maximum atomic E-state index is 12.9. The molecule has 2 aromatic rings. The lowest BCUT2D eigenvalue weighted by Crippen LogP contribution is -2.29. The van der Waals surface area contributed by atoms with Gasteiger partial charge in [-0.05, 0) is 48.7 Å². The van der Waals surface area contributed by atoms with Gasteiger partial charge < -0.3 is 15.2 Å². The Balaban J connectivity index is 1.51. The summed E-state index contributed by atoms with van der Waals surface area (Å²) in [5, 5.41) is 11.4. The summed E-state index contributed by atoms with van der Waals surface area (Å²) in [6.07, 6.45) is 4.57. The van der Waals surface area contributed by atoms with Gasteiger partial charge in [0, 0.05) is 32.0 Å². The first-order valence-electron chi connectivity index (χ1n) is 11.3. The van der Waals surface area contributed by atoms with Crippen molar-refractivity contribution < 1.29 is 24.2 Å². The number of ether oxygens (including phenoxy) is 1. The first-order valence-corrected chi connectivity index (χ1v) is 12.6. The van der Waals surface area contributed by atoms with Gasteiger partial charge in [0.15, 0.2) is 0 Å². The minimum atomic E-state index is -0.814. The second kappa shape index (κ2) is 11.0. The van der Waals surface area contributed by atoms with E-state index < -0.39 is 5.97 Å². The fourth-order valence-electron chi connectivity index (χ4n) is 4.00. The summed E-state index contributed by atoms with van der Waals surface area (Å²) in [7, 11) is 1.58. The van der Waals surface area contributed by atoms with Crippen LogP contribution in [0.4, 0.5) is 0 Å². The highest BCUT2D eigenvalue weighted by Gasteiger charge is 2.31. The molecule has 35 heavy (non-hydrogen) atoms. The minimum absolute atomic E-state index is 0.127. The van der Waals surface area contributed by atoms with Gasteiger partial charge in [0.25, 0.3) is 11.8 Å². The van der Waals surface area contributed by atoms with Crippen molar-refractivity contribution >= 4 is 52.2 Å². The van der Waals surface area contributed by atoms with Crippen molar-refractivity contribution in [3.63, 3.8) is 0 Å². The number of hydrogen-bond donors (Lipinski definition) is 2. The van der Waals surface area contributed by atoms with Gasteiger partial charge in [0.2, 0.25) is 0 Å². The van der Waals surface area contributed by atoms with Crippen molar-refractivity contribution in [2.45, 2.75) is 32.1 Å². The van der Waals surface area contributed by atoms with Crippen LogP contribution in [0.1, 0.15) is 47.3 Å². The van der Waals surface area contributed by atoms with E-state index in [9.17, 15) is 14.4 Å². The summed E-state index contributed by atoms with van der Waals surface area (Å²) in [4.78, 5) is 42.7. The number of nitrogens with one attached hydrogen (secondary N) is 1. The van der Waals surface area contributed by atoms with E-state index in [4.69, 9.17) is 27.0 Å². The van der Waals surface area contributed by atoms with Crippen LogP contribution in [0.2, 0.25) is 0 Å². The molecule has 2 aliphatic heterocycles. The molecule has 10 heteroatoms. The molecule has 182 valence electrons. The number of aromatic nitrogens is 1. The van der Waals surface area contributed by atoms with E-state index in [2.05, 4.69) is 5.32 Å². The number of aliphatic carboxylic acids is 1. The van der Waals surface area contributed by atoms with Crippen LogP contribution >= 0.6 is 24.0 Å². The number of carboxylic acid groups (broad SMARTS) is 1. The lowest BCUT2D eigenvalue weighted by Gasteiger charge is -2.13. The van der Waals surface area contributed by atoms with E-state index in [1.807, 2.05) is 24.3 Å². The van der Waals surface area contributed by atoms with Crippen LogP contribution in [-0.4, -0.2) is 57.3 Å². The van der Waals surface area contributed by atoms with E-state index in [-0.39, 0.29) is 18.2 Å². The third kappa shape index (κ3) is 5.71. The fraction of sp³-hybridized carbons (Fsp3) is 0.320. The van der Waals surface area contributed by atoms with Crippen LogP contribution < -0.4 is 10.1 Å². The molecule has 1 fully saturated rings. The van der Waals surface area contributed by atoms with Crippen LogP contribution in [0.15, 0.2) is 35.2 Å². The Kier molecular flexibility index (Phi) is 7.82. The van der Waals surface area contributed by atoms with Crippen molar-refractivity contribution in [1.29, 1.82) is 0 Å². The number of amides is 2. The molecule has 1 saturated heterocycles. The summed E-state index contributed by atoms with van der Waals surface area (Å²) < 4.78 is 6.16. The number of thioether (sulfide) groups is 1. The molecule has 0 atom stereocenters. The highest BCUT2D eigenvalue weighted by molar-refractivity contribution is 8.26. The van der Waals surface area contributed by atoms with E-state index >= 15 is 0 Å². The zero-order valence-corrected chi connectivity index (χ0v) is 20.8. The van der Waals surface area contributed by atoms with Gasteiger partial charge >= 0.3 is 5.97 Å². The van der Waals surface area contributed by atoms with Gasteiger partial charge in [-0.3, -0.25) is 19.3 Å². The fourth-order valence-corrected chi connectivity index (χ4v) is 5.30. The topological polar surface area (TPSA) is 109 Å². The number of unbranched alkanes of at least 4 members (excludes halogenated alkanes) is 2. The highest BCUT2D eigenvalue weighted by atomic mass is 32.2. The standard InChI is InChI=1S/C25H25N3O5S2/c1-26-23(31)18-13-16(12-15-9-11-33-22(15)18)19-7-5-6-17(27-19)14-20-24(32)28(25(34)35-20)10-4-2-3-8-21(29)30/h5-7,12-14H,2-4,8-11H2,1H3,(H,26,31)(H,29,30)/b20-14-. The molecule has 0 unspecified atom stereocenters. The quantitative estimate of drug-likeness (QED) is 0.297. The SMILES string of the molecule is CNC(=O)c1cc(-c2cccc(/C=C3\SC(=S)N(CCCCCC(=O)O)C3=O)n2)cc2c1OCC2. The number of carbonyl (C=O) groups is 3. The van der Waals surface area contributed by atoms with Crippen molar-refractivity contribution in [2.24, 2.45) is 0 Å². The predicted molar refractivity (Wildman–Crippen MR) is 138 cm³/mol. The van der Waals surface area contributed by atoms with Gasteiger partial charge in [-0.2, -0.15) is 0 Å². The molecule has 0 bridgehead atoms. The zero-order chi connectivity index (χ0) is 24.9. The number of nitrogens with zero attached hydrogens (tertiary/aromatic N) is 2. The molecule has 4 rings (SSSR count). The lowest BCUT2D eigenvalue weighted by atomic mass is 10.0. The van der Waals surface area contributed by atoms with E-state index in [1.54, 1.807) is 24.1 Å². The molecule has 0 saturated carbocycles. The van der Waals surface area contributed by atoms with E-state index in [0.717, 1.165) is 24.0 Å².